The summed E-state index contributed by atoms with van der Waals surface area (Å²) in [5, 5.41) is 0.621. The van der Waals surface area contributed by atoms with Gasteiger partial charge in [-0.15, -0.1) is 0 Å². The molecule has 27 heavy (non-hydrogen) atoms. The zero-order valence-corrected chi connectivity index (χ0v) is 17.8. The number of methoxy groups -OCH3 is 1. The third-order valence-corrected chi connectivity index (χ3v) is 4.92. The zero-order valence-electron chi connectivity index (χ0n) is 16.9. The highest BCUT2D eigenvalue weighted by Crippen LogP contribution is 2.36. The second kappa shape index (κ2) is 11.5. The maximum atomic E-state index is 12.5. The van der Waals surface area contributed by atoms with Crippen LogP contribution in [0.4, 0.5) is 5.69 Å². The van der Waals surface area contributed by atoms with Crippen LogP contribution in [0, 0.1) is 0 Å². The van der Waals surface area contributed by atoms with Gasteiger partial charge in [-0.05, 0) is 44.0 Å². The van der Waals surface area contributed by atoms with Crippen LogP contribution in [-0.2, 0) is 15.1 Å². The third kappa shape index (κ3) is 6.47. The van der Waals surface area contributed by atoms with Crippen LogP contribution in [0.5, 0.6) is 0 Å². The summed E-state index contributed by atoms with van der Waals surface area (Å²) in [4.78, 5) is 18.8. The number of benzene rings is 1. The fraction of sp³-hybridized carbons (Fsp3) is 0.429. The van der Waals surface area contributed by atoms with Gasteiger partial charge in [0.25, 0.3) is 5.91 Å². The normalized spacial score (nSPS) is 19.4. The number of nitrogens with zero attached hydrogens (tertiary/aromatic N) is 2. The van der Waals surface area contributed by atoms with Crippen molar-refractivity contribution < 1.29 is 9.53 Å². The summed E-state index contributed by atoms with van der Waals surface area (Å²) in [6.07, 6.45) is 7.32. The van der Waals surface area contributed by atoms with Crippen molar-refractivity contribution in [2.24, 2.45) is 10.7 Å². The molecule has 0 fully saturated rings. The Hall–Kier alpha value is -2.21. The summed E-state index contributed by atoms with van der Waals surface area (Å²) in [7, 11) is 1.57. The van der Waals surface area contributed by atoms with Crippen molar-refractivity contribution >= 4 is 28.5 Å². The number of carbonyl (C=O) groups is 1. The van der Waals surface area contributed by atoms with Crippen molar-refractivity contribution in [3.8, 4) is 0 Å². The fourth-order valence-corrected chi connectivity index (χ4v) is 3.70. The number of aliphatic imine (C=N–C) groups is 1. The van der Waals surface area contributed by atoms with Gasteiger partial charge in [0, 0.05) is 24.1 Å². The Bertz CT molecular complexity index is 700. The third-order valence-electron chi connectivity index (χ3n) is 4.12. The topological polar surface area (TPSA) is 67.9 Å². The lowest BCUT2D eigenvalue weighted by Crippen LogP contribution is -2.31. The molecule has 2 N–H and O–H groups in total. The molecule has 1 unspecified atom stereocenters. The van der Waals surface area contributed by atoms with Gasteiger partial charge in [-0.2, -0.15) is 0 Å². The second-order valence-electron chi connectivity index (χ2n) is 5.88. The highest BCUT2D eigenvalue weighted by Gasteiger charge is 2.30. The minimum atomic E-state index is -0.342. The lowest BCUT2D eigenvalue weighted by Gasteiger charge is -2.31. The van der Waals surface area contributed by atoms with Crippen molar-refractivity contribution in [2.75, 3.05) is 24.3 Å². The highest BCUT2D eigenvalue weighted by atomic mass is 32.2. The van der Waals surface area contributed by atoms with E-state index >= 15 is 0 Å². The van der Waals surface area contributed by atoms with Crippen molar-refractivity contribution in [1.29, 1.82) is 0 Å². The molecule has 1 aromatic carbocycles. The van der Waals surface area contributed by atoms with Gasteiger partial charge >= 0.3 is 0 Å². The predicted octanol–water partition coefficient (Wildman–Crippen LogP) is 4.45. The van der Waals surface area contributed by atoms with E-state index in [2.05, 4.69) is 11.9 Å². The average molecular weight is 390 g/mol. The van der Waals surface area contributed by atoms with Crippen LogP contribution >= 0.6 is 11.8 Å². The van der Waals surface area contributed by atoms with Crippen LogP contribution in [0.25, 0.3) is 0 Å². The average Bonchev–Trinajstić information content (AvgIpc) is 2.67. The molecule has 6 heteroatoms. The lowest BCUT2D eigenvalue weighted by atomic mass is 9.89. The number of carbonyl (C=O) groups excluding carboxylic acids is 1. The van der Waals surface area contributed by atoms with E-state index in [1.165, 1.54) is 12.3 Å². The summed E-state index contributed by atoms with van der Waals surface area (Å²) >= 11 is 1.59. The molecule has 0 spiro atoms. The van der Waals surface area contributed by atoms with E-state index in [0.29, 0.717) is 11.7 Å². The van der Waals surface area contributed by atoms with Gasteiger partial charge in [-0.3, -0.25) is 9.79 Å². The molecule has 5 nitrogen and oxygen atoms in total. The molecule has 0 saturated carbocycles. The van der Waals surface area contributed by atoms with E-state index < -0.39 is 0 Å². The number of ether oxygens (including phenoxy) is 1. The fourth-order valence-electron chi connectivity index (χ4n) is 2.72. The Morgan fingerprint density at radius 1 is 1.41 bits per heavy atom. The molecular weight excluding hydrogens is 358 g/mol. The Morgan fingerprint density at radius 3 is 2.78 bits per heavy atom. The quantitative estimate of drug-likeness (QED) is 0.443. The van der Waals surface area contributed by atoms with E-state index in [0.717, 1.165) is 23.4 Å². The smallest absolute Gasteiger partial charge is 0.250 e. The first-order chi connectivity index (χ1) is 13.0. The predicted molar refractivity (Wildman–Crippen MR) is 117 cm³/mol. The van der Waals surface area contributed by atoms with Gasteiger partial charge in [-0.25, -0.2) is 0 Å². The molecule has 1 aromatic rings. The SMILES string of the molecule is CC.CCN(C(=O)/C=C/C=C\OC)c1cccc(C2(C)CCSC(N)=N2)c1. The van der Waals surface area contributed by atoms with Crippen LogP contribution in [0.3, 0.4) is 0 Å². The zero-order chi connectivity index (χ0) is 20.3. The van der Waals surface area contributed by atoms with Gasteiger partial charge in [0.1, 0.15) is 0 Å². The monoisotopic (exact) mass is 389 g/mol. The van der Waals surface area contributed by atoms with E-state index in [1.54, 1.807) is 35.9 Å². The van der Waals surface area contributed by atoms with Gasteiger partial charge in [0.2, 0.25) is 0 Å². The molecule has 0 saturated heterocycles. The summed E-state index contributed by atoms with van der Waals surface area (Å²) in [6.45, 7) is 8.63. The second-order valence-corrected chi connectivity index (χ2v) is 6.99. The minimum Gasteiger partial charge on any atom is -0.504 e. The van der Waals surface area contributed by atoms with Crippen LogP contribution in [0.15, 0.2) is 53.7 Å². The summed E-state index contributed by atoms with van der Waals surface area (Å²) in [5.74, 6) is 0.869. The number of allylic oxidation sites excluding steroid dienone is 2. The number of hydrogen-bond acceptors (Lipinski definition) is 5. The van der Waals surface area contributed by atoms with Crippen molar-refractivity contribution in [1.82, 2.24) is 0 Å². The van der Waals surface area contributed by atoms with Crippen molar-refractivity contribution in [3.63, 3.8) is 0 Å². The maximum absolute atomic E-state index is 12.5. The van der Waals surface area contributed by atoms with E-state index in [-0.39, 0.29) is 11.4 Å². The Balaban J connectivity index is 0.00000176. The molecule has 2 rings (SSSR count). The first-order valence-corrected chi connectivity index (χ1v) is 10.2. The van der Waals surface area contributed by atoms with Crippen LogP contribution in [0.2, 0.25) is 0 Å². The number of thioether (sulfide) groups is 1. The Kier molecular flexibility index (Phi) is 9.72. The Morgan fingerprint density at radius 2 is 2.15 bits per heavy atom. The number of anilines is 1. The first-order valence-electron chi connectivity index (χ1n) is 9.26. The Labute approximate surface area is 167 Å². The summed E-state index contributed by atoms with van der Waals surface area (Å²) in [6, 6.07) is 7.99. The van der Waals surface area contributed by atoms with Crippen LogP contribution < -0.4 is 10.6 Å². The molecule has 0 aromatic heterocycles. The van der Waals surface area contributed by atoms with Crippen molar-refractivity contribution in [3.05, 3.63) is 54.3 Å². The van der Waals surface area contributed by atoms with E-state index in [4.69, 9.17) is 10.5 Å². The molecule has 0 bridgehead atoms. The standard InChI is InChI=1S/C19H25N3O2S.C2H6/c1-4-22(17(23)10-5-6-12-24-3)16-9-7-8-15(14-16)19(2)11-13-25-18(20)21-19;1-2/h5-10,12,14H,4,11,13H2,1-3H3,(H2,20,21);1-2H3/b10-5+,12-6-;. The van der Waals surface area contributed by atoms with Crippen LogP contribution in [-0.4, -0.2) is 30.5 Å². The molecular formula is C21H31N3O2S. The lowest BCUT2D eigenvalue weighted by molar-refractivity contribution is -0.114. The van der Waals surface area contributed by atoms with E-state index in [1.807, 2.05) is 45.0 Å². The van der Waals surface area contributed by atoms with E-state index in [9.17, 15) is 4.79 Å². The van der Waals surface area contributed by atoms with Gasteiger partial charge < -0.3 is 15.4 Å². The van der Waals surface area contributed by atoms with Gasteiger partial charge in [0.05, 0.1) is 18.9 Å². The maximum Gasteiger partial charge on any atom is 0.250 e. The molecule has 0 radical (unpaired) electrons. The molecule has 1 aliphatic rings. The number of likely N-dealkylation sites (N-methyl/N-ethyl adjacent to an activating group) is 1. The minimum absolute atomic E-state index is 0.0761. The number of amidine groups is 1. The molecule has 1 aliphatic heterocycles. The number of rotatable bonds is 6. The van der Waals surface area contributed by atoms with Gasteiger partial charge in [0.15, 0.2) is 5.17 Å². The highest BCUT2D eigenvalue weighted by molar-refractivity contribution is 8.13. The van der Waals surface area contributed by atoms with Crippen LogP contribution in [0.1, 0.15) is 39.7 Å². The summed E-state index contributed by atoms with van der Waals surface area (Å²) < 4.78 is 4.82. The van der Waals surface area contributed by atoms with Gasteiger partial charge in [-0.1, -0.05) is 43.8 Å². The number of nitrogens with two attached hydrogens (primary N) is 1. The molecule has 0 aliphatic carbocycles. The summed E-state index contributed by atoms with van der Waals surface area (Å²) in [5.41, 5.74) is 7.51. The molecule has 148 valence electrons. The number of hydrogen-bond donors (Lipinski definition) is 1. The molecule has 1 atom stereocenters. The number of amides is 1. The largest absolute Gasteiger partial charge is 0.504 e. The molecule has 1 amide bonds. The van der Waals surface area contributed by atoms with Crippen molar-refractivity contribution in [2.45, 2.75) is 39.7 Å². The first kappa shape index (κ1) is 22.8. The molecule has 1 heterocycles.